The van der Waals surface area contributed by atoms with Gasteiger partial charge in [-0.15, -0.1) is 11.3 Å². The highest BCUT2D eigenvalue weighted by molar-refractivity contribution is 7.15. The van der Waals surface area contributed by atoms with Crippen molar-refractivity contribution in [2.75, 3.05) is 11.9 Å². The molecule has 1 aliphatic carbocycles. The van der Waals surface area contributed by atoms with Gasteiger partial charge in [-0.1, -0.05) is 19.3 Å². The largest absolute Gasteiger partial charge is 0.306 e. The van der Waals surface area contributed by atoms with Crippen LogP contribution >= 0.6 is 11.3 Å². The van der Waals surface area contributed by atoms with Crippen LogP contribution in [-0.4, -0.2) is 23.5 Å². The smallest absolute Gasteiger partial charge is 0.243 e. The van der Waals surface area contributed by atoms with Crippen LogP contribution in [0.3, 0.4) is 0 Å². The molecule has 4 nitrogen and oxygen atoms in total. The number of rotatable bonds is 2. The highest BCUT2D eigenvalue weighted by Crippen LogP contribution is 2.28. The number of hydrogen-bond acceptors (Lipinski definition) is 4. The van der Waals surface area contributed by atoms with Crippen molar-refractivity contribution in [1.29, 1.82) is 0 Å². The van der Waals surface area contributed by atoms with E-state index in [1.807, 2.05) is 0 Å². The van der Waals surface area contributed by atoms with Crippen LogP contribution in [0.25, 0.3) is 0 Å². The summed E-state index contributed by atoms with van der Waals surface area (Å²) in [6.07, 6.45) is 10.6. The van der Waals surface area contributed by atoms with E-state index >= 15 is 0 Å². The number of thiazole rings is 1. The number of fused-ring (bicyclic) bond motifs is 1. The summed E-state index contributed by atoms with van der Waals surface area (Å²) in [7, 11) is 0. The molecule has 0 aromatic carbocycles. The third-order valence-electron chi connectivity index (χ3n) is 4.20. The van der Waals surface area contributed by atoms with Crippen LogP contribution in [0.4, 0.5) is 5.13 Å². The molecule has 2 N–H and O–H groups in total. The molecule has 1 fully saturated rings. The molecule has 1 aliphatic heterocycles. The lowest BCUT2D eigenvalue weighted by molar-refractivity contribution is -0.118. The minimum Gasteiger partial charge on any atom is -0.306 e. The van der Waals surface area contributed by atoms with Crippen molar-refractivity contribution in [3.05, 3.63) is 10.6 Å². The molecule has 2 aliphatic rings. The summed E-state index contributed by atoms with van der Waals surface area (Å²) in [6.45, 7) is 0.951. The number of amides is 1. The molecule has 0 radical (unpaired) electrons. The minimum atomic E-state index is -0.0322. The van der Waals surface area contributed by atoms with Gasteiger partial charge in [-0.2, -0.15) is 0 Å². The Bertz CT molecular complexity index is 440. The predicted octanol–water partition coefficient (Wildman–Crippen LogP) is 2.88. The van der Waals surface area contributed by atoms with E-state index in [9.17, 15) is 4.79 Å². The van der Waals surface area contributed by atoms with Crippen molar-refractivity contribution in [2.24, 2.45) is 0 Å². The fourth-order valence-electron chi connectivity index (χ4n) is 3.03. The first-order valence-electron chi connectivity index (χ1n) is 7.86. The number of carbonyl (C=O) groups excluding carboxylic acids is 1. The summed E-state index contributed by atoms with van der Waals surface area (Å²) in [4.78, 5) is 18.2. The van der Waals surface area contributed by atoms with Crippen LogP contribution in [0.15, 0.2) is 0 Å². The number of carbonyl (C=O) groups is 1. The van der Waals surface area contributed by atoms with Gasteiger partial charge >= 0.3 is 0 Å². The van der Waals surface area contributed by atoms with Gasteiger partial charge in [0.25, 0.3) is 0 Å². The van der Waals surface area contributed by atoms with Gasteiger partial charge in [0.1, 0.15) is 0 Å². The predicted molar refractivity (Wildman–Crippen MR) is 82.3 cm³/mol. The molecule has 1 atom stereocenters. The molecule has 1 aromatic rings. The normalized spacial score (nSPS) is 23.5. The molecule has 110 valence electrons. The van der Waals surface area contributed by atoms with E-state index in [2.05, 4.69) is 15.6 Å². The zero-order chi connectivity index (χ0) is 13.8. The van der Waals surface area contributed by atoms with Crippen molar-refractivity contribution < 1.29 is 4.79 Å². The SMILES string of the molecule is O=C(Nc1nc2c(s1)CCCCCC2)C1CCCCN1. The number of nitrogens with one attached hydrogen (secondary N) is 2. The maximum Gasteiger partial charge on any atom is 0.243 e. The highest BCUT2D eigenvalue weighted by Gasteiger charge is 2.22. The van der Waals surface area contributed by atoms with E-state index in [0.29, 0.717) is 0 Å². The molecule has 1 saturated heterocycles. The van der Waals surface area contributed by atoms with Crippen molar-refractivity contribution in [1.82, 2.24) is 10.3 Å². The molecule has 2 heterocycles. The number of piperidine rings is 1. The van der Waals surface area contributed by atoms with Gasteiger partial charge in [0.05, 0.1) is 11.7 Å². The average molecular weight is 293 g/mol. The molecule has 1 amide bonds. The summed E-state index contributed by atoms with van der Waals surface area (Å²) < 4.78 is 0. The fourth-order valence-corrected chi connectivity index (χ4v) is 4.08. The minimum absolute atomic E-state index is 0.0322. The fraction of sp³-hybridized carbons (Fsp3) is 0.733. The number of nitrogens with zero attached hydrogens (tertiary/aromatic N) is 1. The number of aromatic nitrogens is 1. The second kappa shape index (κ2) is 6.68. The van der Waals surface area contributed by atoms with E-state index in [4.69, 9.17) is 0 Å². The molecule has 0 spiro atoms. The van der Waals surface area contributed by atoms with Crippen molar-refractivity contribution >= 4 is 22.4 Å². The lowest BCUT2D eigenvalue weighted by Crippen LogP contribution is -2.43. The van der Waals surface area contributed by atoms with Gasteiger partial charge in [0, 0.05) is 4.88 Å². The second-order valence-corrected chi connectivity index (χ2v) is 6.88. The van der Waals surface area contributed by atoms with Crippen molar-refractivity contribution in [3.8, 4) is 0 Å². The monoisotopic (exact) mass is 293 g/mol. The maximum atomic E-state index is 12.2. The Morgan fingerprint density at radius 2 is 2.00 bits per heavy atom. The first-order chi connectivity index (χ1) is 9.83. The Balaban J connectivity index is 1.64. The van der Waals surface area contributed by atoms with E-state index in [1.54, 1.807) is 11.3 Å². The first-order valence-corrected chi connectivity index (χ1v) is 8.67. The van der Waals surface area contributed by atoms with Crippen LogP contribution in [0, 0.1) is 0 Å². The van der Waals surface area contributed by atoms with E-state index in [-0.39, 0.29) is 11.9 Å². The Hall–Kier alpha value is -0.940. The van der Waals surface area contributed by atoms with Crippen molar-refractivity contribution in [3.63, 3.8) is 0 Å². The number of hydrogen-bond donors (Lipinski definition) is 2. The maximum absolute atomic E-state index is 12.2. The molecular weight excluding hydrogens is 270 g/mol. The third-order valence-corrected chi connectivity index (χ3v) is 5.28. The average Bonchev–Trinajstić information content (AvgIpc) is 2.81. The van der Waals surface area contributed by atoms with Gasteiger partial charge in [-0.3, -0.25) is 4.79 Å². The zero-order valence-corrected chi connectivity index (χ0v) is 12.7. The Kier molecular flexibility index (Phi) is 4.68. The molecular formula is C15H23N3OS. The second-order valence-electron chi connectivity index (χ2n) is 5.79. The Morgan fingerprint density at radius 3 is 2.80 bits per heavy atom. The molecule has 20 heavy (non-hydrogen) atoms. The summed E-state index contributed by atoms with van der Waals surface area (Å²) in [5, 5.41) is 7.10. The standard InChI is InChI=1S/C15H23N3OS/c19-14(12-8-5-6-10-16-12)18-15-17-11-7-3-1-2-4-9-13(11)20-15/h12,16H,1-10H2,(H,17,18,19). The van der Waals surface area contributed by atoms with Crippen LogP contribution < -0.4 is 10.6 Å². The summed E-state index contributed by atoms with van der Waals surface area (Å²) in [5.74, 6) is 0.0893. The first kappa shape index (κ1) is 14.0. The van der Waals surface area contributed by atoms with Crippen LogP contribution in [0.1, 0.15) is 55.5 Å². The van der Waals surface area contributed by atoms with E-state index in [0.717, 1.165) is 37.4 Å². The van der Waals surface area contributed by atoms with Crippen LogP contribution in [-0.2, 0) is 17.6 Å². The number of aryl methyl sites for hydroxylation is 2. The molecule has 1 unspecified atom stereocenters. The lowest BCUT2D eigenvalue weighted by atomic mass is 10.0. The molecule has 5 heteroatoms. The van der Waals surface area contributed by atoms with E-state index in [1.165, 1.54) is 42.7 Å². The number of anilines is 1. The van der Waals surface area contributed by atoms with E-state index < -0.39 is 0 Å². The van der Waals surface area contributed by atoms with Crippen LogP contribution in [0.5, 0.6) is 0 Å². The Morgan fingerprint density at radius 1 is 1.15 bits per heavy atom. The summed E-state index contributed by atoms with van der Waals surface area (Å²) in [5.41, 5.74) is 1.22. The molecule has 3 rings (SSSR count). The quantitative estimate of drug-likeness (QED) is 0.881. The Labute approximate surface area is 124 Å². The third kappa shape index (κ3) is 3.38. The summed E-state index contributed by atoms with van der Waals surface area (Å²) in [6, 6.07) is -0.0322. The summed E-state index contributed by atoms with van der Waals surface area (Å²) >= 11 is 1.68. The van der Waals surface area contributed by atoms with Gasteiger partial charge in [-0.25, -0.2) is 4.98 Å². The van der Waals surface area contributed by atoms with Gasteiger partial charge in [0.15, 0.2) is 5.13 Å². The topological polar surface area (TPSA) is 54.0 Å². The lowest BCUT2D eigenvalue weighted by Gasteiger charge is -2.21. The zero-order valence-electron chi connectivity index (χ0n) is 11.9. The van der Waals surface area contributed by atoms with Gasteiger partial charge in [0.2, 0.25) is 5.91 Å². The molecule has 0 bridgehead atoms. The van der Waals surface area contributed by atoms with Crippen molar-refractivity contribution in [2.45, 2.75) is 63.8 Å². The highest BCUT2D eigenvalue weighted by atomic mass is 32.1. The molecule has 1 aromatic heterocycles. The van der Waals surface area contributed by atoms with Gasteiger partial charge < -0.3 is 10.6 Å². The molecule has 0 saturated carbocycles. The van der Waals surface area contributed by atoms with Crippen LogP contribution in [0.2, 0.25) is 0 Å². The van der Waals surface area contributed by atoms with Gasteiger partial charge in [-0.05, 0) is 45.1 Å².